The standard InChI is InChI=1S/C13H18N8O4/c1-23-6-7-25-11-9(10(22)15-12-17-19-20-18-12)8-14-13(16-11)21-2-4-24-5-3-21/h8H,2-7H2,1H3,(H2,15,17,18,19,20,22). The van der Waals surface area contributed by atoms with E-state index in [4.69, 9.17) is 14.2 Å². The fourth-order valence-electron chi connectivity index (χ4n) is 2.14. The number of H-pyrrole nitrogens is 1. The summed E-state index contributed by atoms with van der Waals surface area (Å²) in [5, 5.41) is 15.5. The van der Waals surface area contributed by atoms with Crippen LogP contribution in [0.1, 0.15) is 10.4 Å². The first kappa shape index (κ1) is 17.0. The smallest absolute Gasteiger partial charge is 0.270 e. The lowest BCUT2D eigenvalue weighted by molar-refractivity contribution is 0.101. The van der Waals surface area contributed by atoms with Crippen molar-refractivity contribution >= 4 is 17.8 Å². The lowest BCUT2D eigenvalue weighted by Gasteiger charge is -2.27. The van der Waals surface area contributed by atoms with Crippen molar-refractivity contribution in [1.82, 2.24) is 30.6 Å². The Bertz CT molecular complexity index is 689. The van der Waals surface area contributed by atoms with Crippen LogP contribution in [-0.2, 0) is 9.47 Å². The minimum atomic E-state index is -0.498. The second-order valence-corrected chi connectivity index (χ2v) is 5.02. The maximum atomic E-state index is 12.4. The van der Waals surface area contributed by atoms with Crippen molar-refractivity contribution in [2.45, 2.75) is 0 Å². The highest BCUT2D eigenvalue weighted by atomic mass is 16.5. The number of anilines is 2. The highest BCUT2D eigenvalue weighted by Gasteiger charge is 2.21. The van der Waals surface area contributed by atoms with E-state index in [0.717, 1.165) is 0 Å². The number of rotatable bonds is 7. The molecule has 0 radical (unpaired) electrons. The number of nitrogens with zero attached hydrogens (tertiary/aromatic N) is 6. The zero-order chi connectivity index (χ0) is 17.5. The number of nitrogens with one attached hydrogen (secondary N) is 2. The summed E-state index contributed by atoms with van der Waals surface area (Å²) in [6, 6.07) is 0. The van der Waals surface area contributed by atoms with E-state index in [1.165, 1.54) is 6.20 Å². The lowest BCUT2D eigenvalue weighted by Crippen LogP contribution is -2.37. The maximum absolute atomic E-state index is 12.4. The van der Waals surface area contributed by atoms with Gasteiger partial charge in [-0.1, -0.05) is 5.10 Å². The molecule has 0 unspecified atom stereocenters. The largest absolute Gasteiger partial charge is 0.475 e. The van der Waals surface area contributed by atoms with Crippen molar-refractivity contribution in [3.8, 4) is 5.88 Å². The van der Waals surface area contributed by atoms with E-state index >= 15 is 0 Å². The summed E-state index contributed by atoms with van der Waals surface area (Å²) in [5.74, 6) is 0.189. The Morgan fingerprint density at radius 1 is 1.40 bits per heavy atom. The second-order valence-electron chi connectivity index (χ2n) is 5.02. The van der Waals surface area contributed by atoms with Crippen LogP contribution in [0.3, 0.4) is 0 Å². The van der Waals surface area contributed by atoms with E-state index in [2.05, 4.69) is 35.9 Å². The van der Waals surface area contributed by atoms with Gasteiger partial charge in [-0.25, -0.2) is 4.98 Å². The van der Waals surface area contributed by atoms with Crippen LogP contribution in [0.5, 0.6) is 5.88 Å². The topological polar surface area (TPSA) is 140 Å². The summed E-state index contributed by atoms with van der Waals surface area (Å²) in [6.07, 6.45) is 1.41. The molecule has 3 rings (SSSR count). The van der Waals surface area contributed by atoms with Crippen LogP contribution in [0.15, 0.2) is 6.20 Å². The van der Waals surface area contributed by atoms with Crippen molar-refractivity contribution < 1.29 is 19.0 Å². The van der Waals surface area contributed by atoms with Gasteiger partial charge in [-0.05, 0) is 5.21 Å². The lowest BCUT2D eigenvalue weighted by atomic mass is 10.3. The van der Waals surface area contributed by atoms with Crippen molar-refractivity contribution in [2.24, 2.45) is 0 Å². The first-order valence-electron chi connectivity index (χ1n) is 7.64. The van der Waals surface area contributed by atoms with E-state index in [-0.39, 0.29) is 24.0 Å². The number of hydrogen-bond donors (Lipinski definition) is 2. The number of tetrazole rings is 1. The van der Waals surface area contributed by atoms with Crippen LogP contribution in [0.4, 0.5) is 11.9 Å². The summed E-state index contributed by atoms with van der Waals surface area (Å²) in [4.78, 5) is 23.0. The zero-order valence-corrected chi connectivity index (χ0v) is 13.6. The molecule has 0 aromatic carbocycles. The zero-order valence-electron chi connectivity index (χ0n) is 13.6. The quantitative estimate of drug-likeness (QED) is 0.604. The van der Waals surface area contributed by atoms with Gasteiger partial charge < -0.3 is 19.1 Å². The molecule has 3 heterocycles. The van der Waals surface area contributed by atoms with Gasteiger partial charge in [-0.15, -0.1) is 5.10 Å². The first-order valence-corrected chi connectivity index (χ1v) is 7.64. The minimum Gasteiger partial charge on any atom is -0.475 e. The van der Waals surface area contributed by atoms with E-state index in [1.807, 2.05) is 4.90 Å². The second kappa shape index (κ2) is 8.30. The van der Waals surface area contributed by atoms with Crippen molar-refractivity contribution in [3.63, 3.8) is 0 Å². The summed E-state index contributed by atoms with van der Waals surface area (Å²) in [6.45, 7) is 3.16. The number of carbonyl (C=O) groups is 1. The molecule has 25 heavy (non-hydrogen) atoms. The highest BCUT2D eigenvalue weighted by molar-refractivity contribution is 6.04. The molecular weight excluding hydrogens is 332 g/mol. The van der Waals surface area contributed by atoms with Crippen molar-refractivity contribution in [2.75, 3.05) is 56.8 Å². The van der Waals surface area contributed by atoms with Gasteiger partial charge in [0.05, 0.1) is 19.8 Å². The van der Waals surface area contributed by atoms with Gasteiger partial charge in [0.2, 0.25) is 11.8 Å². The Morgan fingerprint density at radius 3 is 2.96 bits per heavy atom. The molecule has 2 N–H and O–H groups in total. The third-order valence-corrected chi connectivity index (χ3v) is 3.38. The molecule has 1 fully saturated rings. The van der Waals surface area contributed by atoms with Crippen LogP contribution in [-0.4, -0.2) is 83.1 Å². The molecular formula is C13H18N8O4. The van der Waals surface area contributed by atoms with Gasteiger partial charge in [-0.2, -0.15) is 10.2 Å². The molecule has 0 spiro atoms. The fraction of sp³-hybridized carbons (Fsp3) is 0.538. The molecule has 2 aromatic heterocycles. The minimum absolute atomic E-state index is 0.0464. The van der Waals surface area contributed by atoms with Crippen LogP contribution in [0.2, 0.25) is 0 Å². The average Bonchev–Trinajstić information content (AvgIpc) is 3.15. The Kier molecular flexibility index (Phi) is 5.64. The van der Waals surface area contributed by atoms with Gasteiger partial charge in [0, 0.05) is 26.4 Å². The van der Waals surface area contributed by atoms with E-state index in [1.54, 1.807) is 7.11 Å². The number of aromatic nitrogens is 6. The SMILES string of the molecule is COCCOc1nc(N2CCOCC2)ncc1C(=O)Nc1nn[nH]n1. The molecule has 1 amide bonds. The van der Waals surface area contributed by atoms with Crippen molar-refractivity contribution in [3.05, 3.63) is 11.8 Å². The number of amides is 1. The first-order chi connectivity index (χ1) is 12.3. The Morgan fingerprint density at radius 2 is 2.24 bits per heavy atom. The summed E-state index contributed by atoms with van der Waals surface area (Å²) >= 11 is 0. The third-order valence-electron chi connectivity index (χ3n) is 3.38. The maximum Gasteiger partial charge on any atom is 0.270 e. The molecule has 1 saturated heterocycles. The van der Waals surface area contributed by atoms with Crippen LogP contribution < -0.4 is 15.0 Å². The summed E-state index contributed by atoms with van der Waals surface area (Å²) in [7, 11) is 1.56. The number of hydrogen-bond acceptors (Lipinski definition) is 10. The van der Waals surface area contributed by atoms with Crippen LogP contribution >= 0.6 is 0 Å². The molecule has 0 bridgehead atoms. The van der Waals surface area contributed by atoms with Gasteiger partial charge in [0.15, 0.2) is 0 Å². The fourth-order valence-corrected chi connectivity index (χ4v) is 2.14. The predicted octanol–water partition coefficient (Wildman–Crippen LogP) is -0.896. The molecule has 134 valence electrons. The van der Waals surface area contributed by atoms with Crippen molar-refractivity contribution in [1.29, 1.82) is 0 Å². The molecule has 12 nitrogen and oxygen atoms in total. The third kappa shape index (κ3) is 4.36. The van der Waals surface area contributed by atoms with E-state index in [0.29, 0.717) is 38.9 Å². The normalized spacial score (nSPS) is 14.4. The summed E-state index contributed by atoms with van der Waals surface area (Å²) in [5.41, 5.74) is 0.165. The number of methoxy groups -OCH3 is 1. The monoisotopic (exact) mass is 350 g/mol. The van der Waals surface area contributed by atoms with E-state index in [9.17, 15) is 4.79 Å². The summed E-state index contributed by atoms with van der Waals surface area (Å²) < 4.78 is 15.9. The number of ether oxygens (including phenoxy) is 3. The van der Waals surface area contributed by atoms with Gasteiger partial charge >= 0.3 is 0 Å². The predicted molar refractivity (Wildman–Crippen MR) is 84.6 cm³/mol. The Hall–Kier alpha value is -2.86. The molecule has 1 aliphatic heterocycles. The Balaban J connectivity index is 1.80. The number of aromatic amines is 1. The van der Waals surface area contributed by atoms with Gasteiger partial charge in [0.1, 0.15) is 12.2 Å². The highest BCUT2D eigenvalue weighted by Crippen LogP contribution is 2.20. The molecule has 0 aliphatic carbocycles. The molecule has 2 aromatic rings. The molecule has 1 aliphatic rings. The number of carbonyl (C=O) groups excluding carboxylic acids is 1. The number of morpholine rings is 1. The average molecular weight is 350 g/mol. The van der Waals surface area contributed by atoms with Gasteiger partial charge in [0.25, 0.3) is 11.9 Å². The van der Waals surface area contributed by atoms with Crippen LogP contribution in [0, 0.1) is 0 Å². The molecule has 0 saturated carbocycles. The molecule has 12 heteroatoms. The molecule has 0 atom stereocenters. The van der Waals surface area contributed by atoms with E-state index < -0.39 is 5.91 Å². The van der Waals surface area contributed by atoms with Gasteiger partial charge in [-0.3, -0.25) is 10.1 Å². The van der Waals surface area contributed by atoms with Crippen LogP contribution in [0.25, 0.3) is 0 Å². The Labute approximate surface area is 142 Å².